The van der Waals surface area contributed by atoms with Crippen LogP contribution in [0.4, 0.5) is 0 Å². The summed E-state index contributed by atoms with van der Waals surface area (Å²) in [6.45, 7) is 6.74. The number of carboxylic acid groups (broad SMARTS) is 2. The van der Waals surface area contributed by atoms with Gasteiger partial charge in [-0.05, 0) is 18.8 Å². The van der Waals surface area contributed by atoms with Crippen molar-refractivity contribution in [1.29, 1.82) is 0 Å². The molecule has 0 aromatic carbocycles. The highest BCUT2D eigenvalue weighted by atomic mass is 16.4. The van der Waals surface area contributed by atoms with Gasteiger partial charge in [-0.2, -0.15) is 0 Å². The van der Waals surface area contributed by atoms with Crippen molar-refractivity contribution in [3.63, 3.8) is 0 Å². The van der Waals surface area contributed by atoms with Crippen LogP contribution in [0.2, 0.25) is 0 Å². The zero-order valence-corrected chi connectivity index (χ0v) is 7.90. The van der Waals surface area contributed by atoms with Crippen molar-refractivity contribution in [3.05, 3.63) is 25.6 Å². The van der Waals surface area contributed by atoms with Gasteiger partial charge < -0.3 is 15.5 Å². The molecule has 3 N–H and O–H groups in total. The minimum atomic E-state index is -0.948. The van der Waals surface area contributed by atoms with Gasteiger partial charge in [0.1, 0.15) is 0 Å². The number of hydrogen-bond acceptors (Lipinski definition) is 3. The molecule has 5 nitrogen and oxygen atoms in total. The molecule has 0 aliphatic carbocycles. The van der Waals surface area contributed by atoms with Gasteiger partial charge in [0.05, 0.1) is 0 Å². The van der Waals surface area contributed by atoms with E-state index in [9.17, 15) is 9.59 Å². The Morgan fingerprint density at radius 3 is 1.57 bits per heavy atom. The first-order valence-corrected chi connectivity index (χ1v) is 3.96. The van der Waals surface area contributed by atoms with Crippen molar-refractivity contribution < 1.29 is 19.8 Å². The molecule has 0 rings (SSSR count). The molecule has 0 aliphatic heterocycles. The fourth-order valence-corrected chi connectivity index (χ4v) is 0.474. The average Bonchev–Trinajstić information content (AvgIpc) is 2.05. The smallest absolute Gasteiger partial charge is 0.303 e. The molecule has 0 aliphatic rings. The third-order valence-electron chi connectivity index (χ3n) is 1.02. The van der Waals surface area contributed by atoms with E-state index in [-0.39, 0.29) is 19.3 Å². The molecule has 0 bridgehead atoms. The van der Waals surface area contributed by atoms with Crippen molar-refractivity contribution in [2.75, 3.05) is 0 Å². The minimum absolute atomic E-state index is 0.0632. The van der Waals surface area contributed by atoms with Crippen LogP contribution in [-0.4, -0.2) is 22.2 Å². The van der Waals surface area contributed by atoms with Crippen LogP contribution in [0.5, 0.6) is 0 Å². The van der Waals surface area contributed by atoms with Crippen LogP contribution in [0.1, 0.15) is 19.3 Å². The van der Waals surface area contributed by atoms with Crippen LogP contribution in [0.3, 0.4) is 0 Å². The number of hydrogen-bond donors (Lipinski definition) is 3. The van der Waals surface area contributed by atoms with E-state index in [4.69, 9.17) is 10.2 Å². The van der Waals surface area contributed by atoms with Gasteiger partial charge >= 0.3 is 11.9 Å². The Labute approximate surface area is 82.7 Å². The average molecular weight is 201 g/mol. The van der Waals surface area contributed by atoms with Crippen LogP contribution in [0, 0.1) is 0 Å². The van der Waals surface area contributed by atoms with Gasteiger partial charge in [-0.3, -0.25) is 9.59 Å². The third-order valence-corrected chi connectivity index (χ3v) is 1.02. The zero-order chi connectivity index (χ0) is 11.4. The SMILES string of the molecule is C=CNC=C.O=C(O)CCCC(=O)O. The van der Waals surface area contributed by atoms with Gasteiger partial charge in [0.25, 0.3) is 0 Å². The zero-order valence-electron chi connectivity index (χ0n) is 7.90. The van der Waals surface area contributed by atoms with E-state index in [0.29, 0.717) is 0 Å². The van der Waals surface area contributed by atoms with E-state index >= 15 is 0 Å². The van der Waals surface area contributed by atoms with Crippen molar-refractivity contribution >= 4 is 11.9 Å². The summed E-state index contributed by atoms with van der Waals surface area (Å²) in [5.74, 6) is -1.90. The maximum absolute atomic E-state index is 9.79. The molecular formula is C9H15NO4. The molecular weight excluding hydrogens is 186 g/mol. The van der Waals surface area contributed by atoms with Gasteiger partial charge in [-0.1, -0.05) is 13.2 Å². The Morgan fingerprint density at radius 2 is 1.43 bits per heavy atom. The second kappa shape index (κ2) is 11.2. The second-order valence-corrected chi connectivity index (χ2v) is 2.22. The Bertz CT molecular complexity index is 181. The largest absolute Gasteiger partial charge is 0.481 e. The number of carboxylic acids is 2. The van der Waals surface area contributed by atoms with Crippen LogP contribution in [0.15, 0.2) is 25.6 Å². The summed E-state index contributed by atoms with van der Waals surface area (Å²) in [6, 6.07) is 0. The highest BCUT2D eigenvalue weighted by Crippen LogP contribution is 1.93. The maximum atomic E-state index is 9.79. The predicted molar refractivity (Wildman–Crippen MR) is 52.7 cm³/mol. The number of carbonyl (C=O) groups is 2. The molecule has 0 fully saturated rings. The summed E-state index contributed by atoms with van der Waals surface area (Å²) in [7, 11) is 0. The van der Waals surface area contributed by atoms with E-state index in [2.05, 4.69) is 18.5 Å². The molecule has 0 aromatic rings. The molecule has 0 saturated heterocycles. The van der Waals surface area contributed by atoms with E-state index < -0.39 is 11.9 Å². The molecule has 5 heteroatoms. The standard InChI is InChI=1S/C5H8O4.C4H7N/c6-4(7)2-1-3-5(8)9;1-3-5-4-2/h1-3H2,(H,6,7)(H,8,9);3-5H,1-2H2. The Morgan fingerprint density at radius 1 is 1.07 bits per heavy atom. The summed E-state index contributed by atoms with van der Waals surface area (Å²) in [4.78, 5) is 19.6. The fraction of sp³-hybridized carbons (Fsp3) is 0.333. The van der Waals surface area contributed by atoms with Crippen molar-refractivity contribution in [1.82, 2.24) is 5.32 Å². The first kappa shape index (κ1) is 14.7. The number of aliphatic carboxylic acids is 2. The van der Waals surface area contributed by atoms with Crippen molar-refractivity contribution in [2.45, 2.75) is 19.3 Å². The molecule has 0 radical (unpaired) electrons. The molecule has 0 saturated carbocycles. The molecule has 0 atom stereocenters. The summed E-state index contributed by atoms with van der Waals surface area (Å²) in [5.41, 5.74) is 0. The van der Waals surface area contributed by atoms with E-state index in [0.717, 1.165) is 0 Å². The highest BCUT2D eigenvalue weighted by molar-refractivity contribution is 5.69. The topological polar surface area (TPSA) is 86.6 Å². The fourth-order valence-electron chi connectivity index (χ4n) is 0.474. The summed E-state index contributed by atoms with van der Waals surface area (Å²) >= 11 is 0. The molecule has 0 spiro atoms. The molecule has 0 heterocycles. The minimum Gasteiger partial charge on any atom is -0.481 e. The normalized spacial score (nSPS) is 7.71. The summed E-state index contributed by atoms with van der Waals surface area (Å²) in [6.07, 6.45) is 3.21. The van der Waals surface area contributed by atoms with Crippen LogP contribution < -0.4 is 5.32 Å². The molecule has 0 unspecified atom stereocenters. The van der Waals surface area contributed by atoms with Gasteiger partial charge in [-0.15, -0.1) is 0 Å². The maximum Gasteiger partial charge on any atom is 0.303 e. The molecule has 0 amide bonds. The second-order valence-electron chi connectivity index (χ2n) is 2.22. The monoisotopic (exact) mass is 201 g/mol. The van der Waals surface area contributed by atoms with Gasteiger partial charge in [-0.25, -0.2) is 0 Å². The van der Waals surface area contributed by atoms with E-state index in [1.54, 1.807) is 12.4 Å². The van der Waals surface area contributed by atoms with Crippen LogP contribution in [0.25, 0.3) is 0 Å². The van der Waals surface area contributed by atoms with Crippen molar-refractivity contribution in [2.24, 2.45) is 0 Å². The van der Waals surface area contributed by atoms with Gasteiger partial charge in [0.2, 0.25) is 0 Å². The first-order valence-electron chi connectivity index (χ1n) is 3.96. The van der Waals surface area contributed by atoms with E-state index in [1.165, 1.54) is 0 Å². The third kappa shape index (κ3) is 22.5. The highest BCUT2D eigenvalue weighted by Gasteiger charge is 1.99. The van der Waals surface area contributed by atoms with Gasteiger partial charge in [0.15, 0.2) is 0 Å². The lowest BCUT2D eigenvalue weighted by molar-refractivity contribution is -0.138. The first-order chi connectivity index (χ1) is 6.54. The summed E-state index contributed by atoms with van der Waals surface area (Å²) < 4.78 is 0. The predicted octanol–water partition coefficient (Wildman–Crippen LogP) is 1.19. The lowest BCUT2D eigenvalue weighted by Crippen LogP contribution is -1.98. The lowest BCUT2D eigenvalue weighted by atomic mass is 10.2. The molecule has 14 heavy (non-hydrogen) atoms. The quantitative estimate of drug-likeness (QED) is 0.600. The van der Waals surface area contributed by atoms with Crippen LogP contribution >= 0.6 is 0 Å². The lowest BCUT2D eigenvalue weighted by Gasteiger charge is -1.89. The Kier molecular flexibility index (Phi) is 11.8. The van der Waals surface area contributed by atoms with Crippen LogP contribution in [-0.2, 0) is 9.59 Å². The van der Waals surface area contributed by atoms with E-state index in [1.807, 2.05) is 0 Å². The Balaban J connectivity index is 0. The number of rotatable bonds is 6. The van der Waals surface area contributed by atoms with Crippen molar-refractivity contribution in [3.8, 4) is 0 Å². The van der Waals surface area contributed by atoms with Gasteiger partial charge in [0, 0.05) is 12.8 Å². The molecule has 80 valence electrons. The summed E-state index contributed by atoms with van der Waals surface area (Å²) in [5, 5.41) is 18.7. The molecule has 0 aromatic heterocycles. The number of nitrogens with one attached hydrogen (secondary N) is 1. The Hall–Kier alpha value is -1.78.